The molecule has 0 saturated carbocycles. The summed E-state index contributed by atoms with van der Waals surface area (Å²) in [5.41, 5.74) is 0.698. The highest BCUT2D eigenvalue weighted by Gasteiger charge is 1.98. The second-order valence-corrected chi connectivity index (χ2v) is 2.04. The van der Waals surface area contributed by atoms with E-state index in [9.17, 15) is 4.79 Å². The molecule has 3 nitrogen and oxygen atoms in total. The maximum atomic E-state index is 10.5. The predicted octanol–water partition coefficient (Wildman–Crippen LogP) is 1.42. The molecule has 12 heavy (non-hydrogen) atoms. The molecule has 0 bridgehead atoms. The van der Waals surface area contributed by atoms with Gasteiger partial charge in [-0.25, -0.2) is 0 Å². The Balaban J connectivity index is 2.94. The monoisotopic (exact) mass is 160 g/mol. The van der Waals surface area contributed by atoms with Crippen LogP contribution >= 0.6 is 0 Å². The number of carbonyl (C=O) groups is 1. The molecule has 60 valence electrons. The van der Waals surface area contributed by atoms with E-state index in [2.05, 4.69) is 17.6 Å². The van der Waals surface area contributed by atoms with E-state index in [4.69, 9.17) is 0 Å². The van der Waals surface area contributed by atoms with Gasteiger partial charge in [-0.15, -0.1) is 5.10 Å². The molecule has 0 heterocycles. The van der Waals surface area contributed by atoms with Crippen LogP contribution in [0.1, 0.15) is 0 Å². The highest BCUT2D eigenvalue weighted by atomic mass is 16.1. The van der Waals surface area contributed by atoms with Crippen LogP contribution in [0.5, 0.6) is 0 Å². The van der Waals surface area contributed by atoms with Crippen LogP contribution in [-0.2, 0) is 4.79 Å². The third-order valence-corrected chi connectivity index (χ3v) is 1.30. The molecule has 0 N–H and O–H groups in total. The van der Waals surface area contributed by atoms with Crippen molar-refractivity contribution in [2.45, 2.75) is 0 Å². The van der Waals surface area contributed by atoms with Crippen molar-refractivity contribution < 1.29 is 4.79 Å². The average Bonchev–Trinajstić information content (AvgIpc) is 2.15. The van der Waals surface area contributed by atoms with Crippen molar-refractivity contribution in [2.24, 2.45) is 5.10 Å². The SMILES string of the molecule is C=C=NN(C=O)c1ccccc1. The second-order valence-electron chi connectivity index (χ2n) is 2.04. The number of hydrogen-bond acceptors (Lipinski definition) is 2. The van der Waals surface area contributed by atoms with Crippen LogP contribution in [0.4, 0.5) is 5.69 Å². The number of benzene rings is 1. The normalized spacial score (nSPS) is 8.33. The van der Waals surface area contributed by atoms with E-state index in [1.54, 1.807) is 12.1 Å². The molecule has 1 aromatic carbocycles. The summed E-state index contributed by atoms with van der Waals surface area (Å²) < 4.78 is 0. The fourth-order valence-corrected chi connectivity index (χ4v) is 0.799. The lowest BCUT2D eigenvalue weighted by Crippen LogP contribution is -2.11. The maximum absolute atomic E-state index is 10.5. The molecule has 0 unspecified atom stereocenters. The van der Waals surface area contributed by atoms with Gasteiger partial charge >= 0.3 is 0 Å². The Morgan fingerprint density at radius 3 is 2.58 bits per heavy atom. The van der Waals surface area contributed by atoms with Gasteiger partial charge in [-0.05, 0) is 18.7 Å². The van der Waals surface area contributed by atoms with E-state index >= 15 is 0 Å². The van der Waals surface area contributed by atoms with Gasteiger partial charge in [-0.2, -0.15) is 5.01 Å². The Morgan fingerprint density at radius 1 is 1.42 bits per heavy atom. The van der Waals surface area contributed by atoms with Crippen molar-refractivity contribution in [3.63, 3.8) is 0 Å². The minimum Gasteiger partial charge on any atom is -0.276 e. The Bertz CT molecular complexity index is 302. The van der Waals surface area contributed by atoms with Gasteiger partial charge in [0.1, 0.15) is 0 Å². The first-order valence-electron chi connectivity index (χ1n) is 3.41. The maximum Gasteiger partial charge on any atom is 0.235 e. The van der Waals surface area contributed by atoms with Gasteiger partial charge in [0.15, 0.2) is 0 Å². The van der Waals surface area contributed by atoms with E-state index in [1.165, 1.54) is 0 Å². The minimum atomic E-state index is 0.605. The minimum absolute atomic E-state index is 0.605. The summed E-state index contributed by atoms with van der Waals surface area (Å²) in [5, 5.41) is 4.78. The Hall–Kier alpha value is -1.86. The number of hydrogen-bond donors (Lipinski definition) is 0. The molecule has 0 aliphatic carbocycles. The van der Waals surface area contributed by atoms with Gasteiger partial charge in [0.25, 0.3) is 0 Å². The van der Waals surface area contributed by atoms with Crippen LogP contribution in [0.25, 0.3) is 0 Å². The van der Waals surface area contributed by atoms with E-state index < -0.39 is 0 Å². The average molecular weight is 160 g/mol. The lowest BCUT2D eigenvalue weighted by molar-refractivity contribution is -0.107. The number of rotatable bonds is 3. The molecule has 1 aromatic rings. The van der Waals surface area contributed by atoms with Gasteiger partial charge in [-0.3, -0.25) is 4.79 Å². The molecule has 0 aliphatic rings. The van der Waals surface area contributed by atoms with E-state index in [0.29, 0.717) is 12.1 Å². The van der Waals surface area contributed by atoms with E-state index in [-0.39, 0.29) is 0 Å². The van der Waals surface area contributed by atoms with Crippen LogP contribution in [0.2, 0.25) is 0 Å². The molecule has 0 aromatic heterocycles. The topological polar surface area (TPSA) is 32.7 Å². The zero-order valence-electron chi connectivity index (χ0n) is 6.47. The molecular weight excluding hydrogens is 152 g/mol. The Kier molecular flexibility index (Phi) is 2.82. The summed E-state index contributed by atoms with van der Waals surface area (Å²) in [5.74, 6) is 2.29. The lowest BCUT2D eigenvalue weighted by Gasteiger charge is -2.07. The third kappa shape index (κ3) is 1.81. The zero-order valence-corrected chi connectivity index (χ0v) is 6.47. The molecule has 0 fully saturated rings. The van der Waals surface area contributed by atoms with Gasteiger partial charge in [0.05, 0.1) is 5.69 Å². The highest BCUT2D eigenvalue weighted by molar-refractivity contribution is 5.75. The standard InChI is InChI=1S/C9H8N2O/c1-2-10-11(8-12)9-6-4-3-5-7-9/h3-8H,1H2. The van der Waals surface area contributed by atoms with Crippen LogP contribution in [0.3, 0.4) is 0 Å². The van der Waals surface area contributed by atoms with Crippen LogP contribution in [0, 0.1) is 0 Å². The number of nitrogens with zero attached hydrogens (tertiary/aromatic N) is 2. The zero-order chi connectivity index (χ0) is 8.81. The Labute approximate surface area is 70.6 Å². The molecule has 1 amide bonds. The van der Waals surface area contributed by atoms with Crippen molar-refractivity contribution in [1.82, 2.24) is 0 Å². The van der Waals surface area contributed by atoms with Gasteiger partial charge in [0, 0.05) is 5.87 Å². The number of para-hydroxylation sites is 1. The Morgan fingerprint density at radius 2 is 2.08 bits per heavy atom. The first kappa shape index (κ1) is 8.24. The number of amides is 1. The molecule has 0 spiro atoms. The van der Waals surface area contributed by atoms with E-state index in [1.807, 2.05) is 18.2 Å². The van der Waals surface area contributed by atoms with Gasteiger partial charge < -0.3 is 0 Å². The molecule has 1 rings (SSSR count). The van der Waals surface area contributed by atoms with Crippen molar-refractivity contribution in [3.05, 3.63) is 36.9 Å². The summed E-state index contributed by atoms with van der Waals surface area (Å²) in [6.45, 7) is 3.28. The predicted molar refractivity (Wildman–Crippen MR) is 48.0 cm³/mol. The fraction of sp³-hybridized carbons (Fsp3) is 0. The quantitative estimate of drug-likeness (QED) is 0.374. The number of carbonyl (C=O) groups excluding carboxylic acids is 1. The number of anilines is 1. The largest absolute Gasteiger partial charge is 0.276 e. The van der Waals surface area contributed by atoms with Crippen LogP contribution < -0.4 is 5.01 Å². The smallest absolute Gasteiger partial charge is 0.235 e. The van der Waals surface area contributed by atoms with E-state index in [0.717, 1.165) is 5.01 Å². The summed E-state index contributed by atoms with van der Waals surface area (Å²) >= 11 is 0. The summed E-state index contributed by atoms with van der Waals surface area (Å²) in [4.78, 5) is 10.5. The molecule has 0 radical (unpaired) electrons. The first-order chi connectivity index (χ1) is 5.88. The van der Waals surface area contributed by atoms with Crippen molar-refractivity contribution in [1.29, 1.82) is 0 Å². The van der Waals surface area contributed by atoms with Crippen molar-refractivity contribution in [2.75, 3.05) is 5.01 Å². The van der Waals surface area contributed by atoms with Crippen LogP contribution in [-0.4, -0.2) is 12.3 Å². The van der Waals surface area contributed by atoms with Crippen molar-refractivity contribution >= 4 is 18.0 Å². The molecule has 0 aliphatic heterocycles. The summed E-state index contributed by atoms with van der Waals surface area (Å²) in [6, 6.07) is 9.06. The summed E-state index contributed by atoms with van der Waals surface area (Å²) in [6.07, 6.45) is 0.605. The molecule has 0 atom stereocenters. The molecular formula is C9H8N2O. The third-order valence-electron chi connectivity index (χ3n) is 1.30. The second kappa shape index (κ2) is 4.11. The fourth-order valence-electron chi connectivity index (χ4n) is 0.799. The first-order valence-corrected chi connectivity index (χ1v) is 3.41. The van der Waals surface area contributed by atoms with Gasteiger partial charge in [0.2, 0.25) is 6.41 Å². The van der Waals surface area contributed by atoms with Crippen LogP contribution in [0.15, 0.2) is 42.0 Å². The van der Waals surface area contributed by atoms with Crippen molar-refractivity contribution in [3.8, 4) is 0 Å². The van der Waals surface area contributed by atoms with Gasteiger partial charge in [-0.1, -0.05) is 18.2 Å². The lowest BCUT2D eigenvalue weighted by atomic mass is 10.3. The highest BCUT2D eigenvalue weighted by Crippen LogP contribution is 2.10. The molecule has 0 saturated heterocycles. The number of hydrazone groups is 1. The summed E-state index contributed by atoms with van der Waals surface area (Å²) in [7, 11) is 0. The molecule has 3 heteroatoms.